The molecule has 30 heavy (non-hydrogen) atoms. The average molecular weight is 405 g/mol. The molecule has 0 bridgehead atoms. The molecule has 1 aliphatic heterocycles. The van der Waals surface area contributed by atoms with Gasteiger partial charge in [0, 0.05) is 35.8 Å². The molecule has 0 atom stereocenters. The SMILES string of the molecule is Cc1ccc(NC2CCN(CC(=O)Nc3cnc4ccccc4c3)CC2)c(CO)c1. The highest BCUT2D eigenvalue weighted by Gasteiger charge is 2.21. The molecule has 6 nitrogen and oxygen atoms in total. The fourth-order valence-corrected chi connectivity index (χ4v) is 3.99. The largest absolute Gasteiger partial charge is 0.392 e. The maximum atomic E-state index is 12.5. The standard InChI is InChI=1S/C24H28N4O2/c1-17-6-7-23(19(12-17)16-29)26-20-8-10-28(11-9-20)15-24(30)27-21-13-18-4-2-3-5-22(18)25-14-21/h2-7,12-14,20,26,29H,8-11,15-16H2,1H3,(H,27,30). The van der Waals surface area contributed by atoms with Gasteiger partial charge >= 0.3 is 0 Å². The maximum absolute atomic E-state index is 12.5. The van der Waals surface area contributed by atoms with E-state index in [-0.39, 0.29) is 12.5 Å². The van der Waals surface area contributed by atoms with Crippen molar-refractivity contribution in [1.29, 1.82) is 0 Å². The lowest BCUT2D eigenvalue weighted by atomic mass is 10.0. The summed E-state index contributed by atoms with van der Waals surface area (Å²) in [5, 5.41) is 17.1. The van der Waals surface area contributed by atoms with Crippen molar-refractivity contribution in [2.45, 2.75) is 32.4 Å². The van der Waals surface area contributed by atoms with Crippen LogP contribution < -0.4 is 10.6 Å². The topological polar surface area (TPSA) is 77.5 Å². The van der Waals surface area contributed by atoms with Crippen LogP contribution in [0.4, 0.5) is 11.4 Å². The molecule has 1 aromatic heterocycles. The van der Waals surface area contributed by atoms with Gasteiger partial charge in [-0.3, -0.25) is 14.7 Å². The van der Waals surface area contributed by atoms with E-state index in [0.717, 1.165) is 59.3 Å². The van der Waals surface area contributed by atoms with Gasteiger partial charge in [-0.15, -0.1) is 0 Å². The summed E-state index contributed by atoms with van der Waals surface area (Å²) in [7, 11) is 0. The number of aryl methyl sites for hydroxylation is 1. The molecule has 3 aromatic rings. The maximum Gasteiger partial charge on any atom is 0.238 e. The molecule has 3 N–H and O–H groups in total. The number of aliphatic hydroxyl groups excluding tert-OH is 1. The monoisotopic (exact) mass is 404 g/mol. The first-order valence-electron chi connectivity index (χ1n) is 10.4. The van der Waals surface area contributed by atoms with Crippen LogP contribution in [-0.4, -0.2) is 46.6 Å². The number of hydrogen-bond donors (Lipinski definition) is 3. The van der Waals surface area contributed by atoms with E-state index in [1.165, 1.54) is 0 Å². The summed E-state index contributed by atoms with van der Waals surface area (Å²) >= 11 is 0. The van der Waals surface area contributed by atoms with Crippen LogP contribution in [0, 0.1) is 6.92 Å². The molecule has 1 amide bonds. The minimum atomic E-state index is -0.0143. The van der Waals surface area contributed by atoms with Gasteiger partial charge in [-0.25, -0.2) is 0 Å². The molecule has 0 unspecified atom stereocenters. The molecule has 2 heterocycles. The van der Waals surface area contributed by atoms with Crippen molar-refractivity contribution < 1.29 is 9.90 Å². The third-order valence-electron chi connectivity index (χ3n) is 5.62. The zero-order chi connectivity index (χ0) is 20.9. The van der Waals surface area contributed by atoms with E-state index < -0.39 is 0 Å². The van der Waals surface area contributed by atoms with Crippen molar-refractivity contribution in [1.82, 2.24) is 9.88 Å². The molecule has 156 valence electrons. The highest BCUT2D eigenvalue weighted by Crippen LogP contribution is 2.22. The van der Waals surface area contributed by atoms with E-state index in [9.17, 15) is 9.90 Å². The van der Waals surface area contributed by atoms with E-state index in [2.05, 4.69) is 26.6 Å². The number of pyridine rings is 1. The van der Waals surface area contributed by atoms with E-state index in [1.807, 2.05) is 49.4 Å². The second-order valence-corrected chi connectivity index (χ2v) is 7.98. The molecule has 0 radical (unpaired) electrons. The minimum absolute atomic E-state index is 0.0143. The molecule has 1 fully saturated rings. The van der Waals surface area contributed by atoms with Crippen LogP contribution in [0.25, 0.3) is 10.9 Å². The van der Waals surface area contributed by atoms with Gasteiger partial charge in [0.25, 0.3) is 0 Å². The first-order chi connectivity index (χ1) is 14.6. The number of aliphatic hydroxyl groups is 1. The van der Waals surface area contributed by atoms with Crippen molar-refractivity contribution >= 4 is 28.2 Å². The van der Waals surface area contributed by atoms with E-state index in [4.69, 9.17) is 0 Å². The Balaban J connectivity index is 1.27. The third-order valence-corrected chi connectivity index (χ3v) is 5.62. The highest BCUT2D eigenvalue weighted by molar-refractivity contribution is 5.94. The fourth-order valence-electron chi connectivity index (χ4n) is 3.99. The van der Waals surface area contributed by atoms with Crippen molar-refractivity contribution in [2.24, 2.45) is 0 Å². The summed E-state index contributed by atoms with van der Waals surface area (Å²) in [6.07, 6.45) is 3.63. The number of nitrogens with one attached hydrogen (secondary N) is 2. The Morgan fingerprint density at radius 2 is 1.97 bits per heavy atom. The zero-order valence-electron chi connectivity index (χ0n) is 17.3. The average Bonchev–Trinajstić information content (AvgIpc) is 2.76. The molecule has 2 aromatic carbocycles. The number of likely N-dealkylation sites (tertiary alicyclic amines) is 1. The number of hydrogen-bond acceptors (Lipinski definition) is 5. The van der Waals surface area contributed by atoms with Crippen LogP contribution >= 0.6 is 0 Å². The van der Waals surface area contributed by atoms with Crippen molar-refractivity contribution in [3.63, 3.8) is 0 Å². The number of nitrogens with zero attached hydrogens (tertiary/aromatic N) is 2. The third kappa shape index (κ3) is 4.96. The van der Waals surface area contributed by atoms with Crippen LogP contribution in [0.15, 0.2) is 54.7 Å². The summed E-state index contributed by atoms with van der Waals surface area (Å²) in [5.41, 5.74) is 4.73. The Hall–Kier alpha value is -2.96. The number of carbonyl (C=O) groups is 1. The smallest absolute Gasteiger partial charge is 0.238 e. The number of para-hydroxylation sites is 1. The quantitative estimate of drug-likeness (QED) is 0.586. The Labute approximate surface area is 176 Å². The predicted molar refractivity (Wildman–Crippen MR) is 121 cm³/mol. The van der Waals surface area contributed by atoms with Gasteiger partial charge in [-0.2, -0.15) is 0 Å². The Morgan fingerprint density at radius 3 is 2.77 bits per heavy atom. The lowest BCUT2D eigenvalue weighted by molar-refractivity contribution is -0.117. The Bertz CT molecular complexity index is 1030. The summed E-state index contributed by atoms with van der Waals surface area (Å²) in [6.45, 7) is 4.17. The van der Waals surface area contributed by atoms with E-state index in [0.29, 0.717) is 12.6 Å². The number of rotatable bonds is 6. The number of carbonyl (C=O) groups excluding carboxylic acids is 1. The molecule has 4 rings (SSSR count). The molecule has 1 aliphatic rings. The first-order valence-corrected chi connectivity index (χ1v) is 10.4. The molecule has 0 spiro atoms. The van der Waals surface area contributed by atoms with Gasteiger partial charge in [-0.1, -0.05) is 35.9 Å². The number of benzene rings is 2. The second kappa shape index (κ2) is 9.24. The molecular formula is C24H28N4O2. The molecule has 0 aliphatic carbocycles. The van der Waals surface area contributed by atoms with Gasteiger partial charge in [0.2, 0.25) is 5.91 Å². The number of piperidine rings is 1. The van der Waals surface area contributed by atoms with Crippen LogP contribution in [0.3, 0.4) is 0 Å². The lowest BCUT2D eigenvalue weighted by Gasteiger charge is -2.32. The van der Waals surface area contributed by atoms with E-state index >= 15 is 0 Å². The van der Waals surface area contributed by atoms with Gasteiger partial charge in [0.05, 0.1) is 30.6 Å². The van der Waals surface area contributed by atoms with Crippen LogP contribution in [0.1, 0.15) is 24.0 Å². The molecule has 1 saturated heterocycles. The summed E-state index contributed by atoms with van der Waals surface area (Å²) in [4.78, 5) is 19.1. The lowest BCUT2D eigenvalue weighted by Crippen LogP contribution is -2.42. The van der Waals surface area contributed by atoms with Gasteiger partial charge in [0.1, 0.15) is 0 Å². The minimum Gasteiger partial charge on any atom is -0.392 e. The highest BCUT2D eigenvalue weighted by atomic mass is 16.3. The summed E-state index contributed by atoms with van der Waals surface area (Å²) in [5.74, 6) is -0.0143. The van der Waals surface area contributed by atoms with Crippen LogP contribution in [0.5, 0.6) is 0 Å². The number of aromatic nitrogens is 1. The summed E-state index contributed by atoms with van der Waals surface area (Å²) < 4.78 is 0. The predicted octanol–water partition coefficient (Wildman–Crippen LogP) is 3.55. The Morgan fingerprint density at radius 1 is 1.17 bits per heavy atom. The molecule has 0 saturated carbocycles. The van der Waals surface area contributed by atoms with E-state index in [1.54, 1.807) is 6.20 Å². The molecule has 6 heteroatoms. The van der Waals surface area contributed by atoms with Crippen LogP contribution in [-0.2, 0) is 11.4 Å². The van der Waals surface area contributed by atoms with Gasteiger partial charge in [0.15, 0.2) is 0 Å². The number of fused-ring (bicyclic) bond motifs is 1. The fraction of sp³-hybridized carbons (Fsp3) is 0.333. The molecular weight excluding hydrogens is 376 g/mol. The van der Waals surface area contributed by atoms with Crippen molar-refractivity contribution in [3.05, 3.63) is 65.9 Å². The second-order valence-electron chi connectivity index (χ2n) is 7.98. The normalized spacial score (nSPS) is 15.3. The number of amides is 1. The van der Waals surface area contributed by atoms with Gasteiger partial charge in [-0.05, 0) is 38.0 Å². The first kappa shape index (κ1) is 20.3. The van der Waals surface area contributed by atoms with Crippen molar-refractivity contribution in [2.75, 3.05) is 30.3 Å². The summed E-state index contributed by atoms with van der Waals surface area (Å²) in [6, 6.07) is 16.3. The number of anilines is 2. The Kier molecular flexibility index (Phi) is 6.26. The van der Waals surface area contributed by atoms with Crippen LogP contribution in [0.2, 0.25) is 0 Å². The van der Waals surface area contributed by atoms with Gasteiger partial charge < -0.3 is 15.7 Å². The van der Waals surface area contributed by atoms with Crippen molar-refractivity contribution in [3.8, 4) is 0 Å². The zero-order valence-corrected chi connectivity index (χ0v) is 17.3.